The minimum Gasteiger partial charge on any atom is -0.455 e. The molecule has 1 aliphatic rings. The summed E-state index contributed by atoms with van der Waals surface area (Å²) >= 11 is 0. The van der Waals surface area contributed by atoms with E-state index in [1.54, 1.807) is 0 Å². The van der Waals surface area contributed by atoms with Crippen LogP contribution in [0.4, 0.5) is 0 Å². The van der Waals surface area contributed by atoms with Gasteiger partial charge in [-0.15, -0.1) is 0 Å². The molecule has 0 spiro atoms. The number of esters is 1. The van der Waals surface area contributed by atoms with Crippen LogP contribution in [0.3, 0.4) is 0 Å². The van der Waals surface area contributed by atoms with E-state index in [0.717, 1.165) is 31.2 Å². The molecule has 0 bridgehead atoms. The fourth-order valence-corrected chi connectivity index (χ4v) is 2.55. The minimum atomic E-state index is -0.714. The number of ether oxygens (including phenoxy) is 1. The monoisotopic (exact) mass is 275 g/mol. The quantitative estimate of drug-likeness (QED) is 0.519. The number of nitrogens with two attached hydrogens (primary N) is 1. The lowest BCUT2D eigenvalue weighted by Gasteiger charge is -2.12. The van der Waals surface area contributed by atoms with Crippen molar-refractivity contribution >= 4 is 11.8 Å². The van der Waals surface area contributed by atoms with Crippen LogP contribution in [0.15, 0.2) is 30.3 Å². The van der Waals surface area contributed by atoms with Crippen LogP contribution in [-0.4, -0.2) is 17.8 Å². The standard InChI is InChI=1S/C16H21NO3/c17-14-8-4-7-13(9-10-14)15(18)16(19)20-11-12-5-2-1-3-6-12/h1-3,5-6,13-14H,4,7-11,17H2. The Morgan fingerprint density at radius 2 is 1.85 bits per heavy atom. The molecular weight excluding hydrogens is 254 g/mol. The molecule has 2 unspecified atom stereocenters. The van der Waals surface area contributed by atoms with E-state index in [1.165, 1.54) is 0 Å². The zero-order valence-corrected chi connectivity index (χ0v) is 11.6. The number of carbonyl (C=O) groups is 2. The van der Waals surface area contributed by atoms with Crippen LogP contribution in [-0.2, 0) is 20.9 Å². The zero-order valence-electron chi connectivity index (χ0n) is 11.6. The molecule has 2 N–H and O–H groups in total. The van der Waals surface area contributed by atoms with Gasteiger partial charge in [-0.3, -0.25) is 4.79 Å². The van der Waals surface area contributed by atoms with E-state index in [4.69, 9.17) is 10.5 Å². The van der Waals surface area contributed by atoms with Gasteiger partial charge in [0.15, 0.2) is 0 Å². The first-order chi connectivity index (χ1) is 9.66. The van der Waals surface area contributed by atoms with Crippen LogP contribution >= 0.6 is 0 Å². The zero-order chi connectivity index (χ0) is 14.4. The molecule has 2 atom stereocenters. The van der Waals surface area contributed by atoms with Gasteiger partial charge in [0.1, 0.15) is 6.61 Å². The van der Waals surface area contributed by atoms with Crippen molar-refractivity contribution in [2.45, 2.75) is 44.8 Å². The molecule has 0 amide bonds. The molecular formula is C16H21NO3. The van der Waals surface area contributed by atoms with E-state index in [0.29, 0.717) is 6.42 Å². The second kappa shape index (κ2) is 7.20. The largest absolute Gasteiger partial charge is 0.455 e. The molecule has 20 heavy (non-hydrogen) atoms. The Balaban J connectivity index is 1.84. The first-order valence-electron chi connectivity index (χ1n) is 7.17. The summed E-state index contributed by atoms with van der Waals surface area (Å²) in [5.74, 6) is -1.32. The highest BCUT2D eigenvalue weighted by Gasteiger charge is 2.28. The Morgan fingerprint density at radius 1 is 1.10 bits per heavy atom. The lowest BCUT2D eigenvalue weighted by Crippen LogP contribution is -2.26. The summed E-state index contributed by atoms with van der Waals surface area (Å²) in [6, 6.07) is 9.53. The number of Topliss-reactive ketones (excluding diaryl/α,β-unsaturated/α-hetero) is 1. The molecule has 1 fully saturated rings. The van der Waals surface area contributed by atoms with Crippen LogP contribution in [0.2, 0.25) is 0 Å². The third-order valence-corrected chi connectivity index (χ3v) is 3.80. The molecule has 0 aromatic heterocycles. The summed E-state index contributed by atoms with van der Waals surface area (Å²) in [5, 5.41) is 0. The molecule has 1 aromatic rings. The van der Waals surface area contributed by atoms with Gasteiger partial charge in [-0.05, 0) is 31.2 Å². The molecule has 1 aliphatic carbocycles. The highest BCUT2D eigenvalue weighted by Crippen LogP contribution is 2.23. The lowest BCUT2D eigenvalue weighted by molar-refractivity contribution is -0.156. The molecule has 0 radical (unpaired) electrons. The molecule has 0 heterocycles. The van der Waals surface area contributed by atoms with Gasteiger partial charge in [0.05, 0.1) is 0 Å². The van der Waals surface area contributed by atoms with Crippen LogP contribution in [0.5, 0.6) is 0 Å². The Hall–Kier alpha value is -1.68. The Bertz CT molecular complexity index is 458. The number of rotatable bonds is 4. The first-order valence-corrected chi connectivity index (χ1v) is 7.17. The van der Waals surface area contributed by atoms with Gasteiger partial charge in [0.2, 0.25) is 5.78 Å². The third kappa shape index (κ3) is 4.17. The van der Waals surface area contributed by atoms with Crippen LogP contribution in [0.25, 0.3) is 0 Å². The first kappa shape index (κ1) is 14.7. The molecule has 0 aliphatic heterocycles. The average molecular weight is 275 g/mol. The minimum absolute atomic E-state index is 0.150. The van der Waals surface area contributed by atoms with Crippen molar-refractivity contribution < 1.29 is 14.3 Å². The average Bonchev–Trinajstić information content (AvgIpc) is 2.70. The predicted molar refractivity (Wildman–Crippen MR) is 75.8 cm³/mol. The van der Waals surface area contributed by atoms with Crippen LogP contribution in [0.1, 0.15) is 37.7 Å². The van der Waals surface area contributed by atoms with Gasteiger partial charge in [-0.25, -0.2) is 4.79 Å². The summed E-state index contributed by atoms with van der Waals surface area (Å²) in [5.41, 5.74) is 6.77. The van der Waals surface area contributed by atoms with Gasteiger partial charge in [-0.2, -0.15) is 0 Å². The van der Waals surface area contributed by atoms with Gasteiger partial charge < -0.3 is 10.5 Å². The van der Waals surface area contributed by atoms with E-state index in [2.05, 4.69) is 0 Å². The maximum absolute atomic E-state index is 12.1. The Morgan fingerprint density at radius 3 is 2.60 bits per heavy atom. The topological polar surface area (TPSA) is 69.4 Å². The van der Waals surface area contributed by atoms with Crippen molar-refractivity contribution in [2.75, 3.05) is 0 Å². The summed E-state index contributed by atoms with van der Waals surface area (Å²) in [6.07, 6.45) is 4.09. The molecule has 1 saturated carbocycles. The highest BCUT2D eigenvalue weighted by molar-refractivity contribution is 6.34. The van der Waals surface area contributed by atoms with Crippen molar-refractivity contribution in [1.29, 1.82) is 0 Å². The van der Waals surface area contributed by atoms with E-state index < -0.39 is 11.8 Å². The van der Waals surface area contributed by atoms with Gasteiger partial charge in [0.25, 0.3) is 0 Å². The number of carbonyl (C=O) groups excluding carboxylic acids is 2. The molecule has 108 valence electrons. The maximum atomic E-state index is 12.1. The van der Waals surface area contributed by atoms with E-state index >= 15 is 0 Å². The van der Waals surface area contributed by atoms with Crippen molar-refractivity contribution in [1.82, 2.24) is 0 Å². The number of hydrogen-bond donors (Lipinski definition) is 1. The van der Waals surface area contributed by atoms with E-state index in [9.17, 15) is 9.59 Å². The number of benzene rings is 1. The second-order valence-electron chi connectivity index (χ2n) is 5.39. The molecule has 4 heteroatoms. The fourth-order valence-electron chi connectivity index (χ4n) is 2.55. The predicted octanol–water partition coefficient (Wildman–Crippen LogP) is 2.21. The summed E-state index contributed by atoms with van der Waals surface area (Å²) in [7, 11) is 0. The number of hydrogen-bond acceptors (Lipinski definition) is 4. The van der Waals surface area contributed by atoms with E-state index in [1.807, 2.05) is 30.3 Å². The maximum Gasteiger partial charge on any atom is 0.375 e. The molecule has 4 nitrogen and oxygen atoms in total. The van der Waals surface area contributed by atoms with Crippen LogP contribution in [0, 0.1) is 5.92 Å². The molecule has 1 aromatic carbocycles. The smallest absolute Gasteiger partial charge is 0.375 e. The van der Waals surface area contributed by atoms with Crippen molar-refractivity contribution in [3.05, 3.63) is 35.9 Å². The van der Waals surface area contributed by atoms with Crippen molar-refractivity contribution in [3.63, 3.8) is 0 Å². The Labute approximate surface area is 119 Å². The van der Waals surface area contributed by atoms with Crippen molar-refractivity contribution in [3.8, 4) is 0 Å². The van der Waals surface area contributed by atoms with E-state index in [-0.39, 0.29) is 18.6 Å². The lowest BCUT2D eigenvalue weighted by atomic mass is 9.95. The SMILES string of the molecule is NC1CCCC(C(=O)C(=O)OCc2ccccc2)CC1. The van der Waals surface area contributed by atoms with Gasteiger partial charge in [0, 0.05) is 12.0 Å². The third-order valence-electron chi connectivity index (χ3n) is 3.80. The highest BCUT2D eigenvalue weighted by atomic mass is 16.5. The fraction of sp³-hybridized carbons (Fsp3) is 0.500. The molecule has 2 rings (SSSR count). The second-order valence-corrected chi connectivity index (χ2v) is 5.39. The summed E-state index contributed by atoms with van der Waals surface area (Å²) in [4.78, 5) is 23.9. The number of ketones is 1. The Kier molecular flexibility index (Phi) is 5.30. The van der Waals surface area contributed by atoms with Gasteiger partial charge >= 0.3 is 5.97 Å². The van der Waals surface area contributed by atoms with Crippen molar-refractivity contribution in [2.24, 2.45) is 11.7 Å². The molecule has 0 saturated heterocycles. The normalized spacial score (nSPS) is 22.9. The summed E-state index contributed by atoms with van der Waals surface area (Å²) in [6.45, 7) is 0.150. The van der Waals surface area contributed by atoms with Gasteiger partial charge in [-0.1, -0.05) is 36.8 Å². The summed E-state index contributed by atoms with van der Waals surface area (Å²) < 4.78 is 5.09. The van der Waals surface area contributed by atoms with Crippen LogP contribution < -0.4 is 5.73 Å².